The van der Waals surface area contributed by atoms with Crippen LogP contribution in [0.2, 0.25) is 0 Å². The SMILES string of the molecule is O=C1CS[C@@H](c2ccc(O)cc2)c2c(ncn2-c2ccc(F)cc2)N1. The number of amides is 1. The Morgan fingerprint density at radius 2 is 1.88 bits per heavy atom. The van der Waals surface area contributed by atoms with Crippen LogP contribution in [0.15, 0.2) is 54.9 Å². The van der Waals surface area contributed by atoms with Crippen LogP contribution in [-0.2, 0) is 4.79 Å². The second kappa shape index (κ2) is 6.25. The molecule has 1 aliphatic heterocycles. The lowest BCUT2D eigenvalue weighted by molar-refractivity contribution is -0.113. The third-order valence-corrected chi connectivity index (χ3v) is 5.25. The molecule has 0 fully saturated rings. The summed E-state index contributed by atoms with van der Waals surface area (Å²) >= 11 is 1.48. The predicted molar refractivity (Wildman–Crippen MR) is 94.6 cm³/mol. The van der Waals surface area contributed by atoms with Crippen LogP contribution in [0.5, 0.6) is 5.75 Å². The molecule has 3 aromatic rings. The van der Waals surface area contributed by atoms with Gasteiger partial charge in [-0.1, -0.05) is 12.1 Å². The van der Waals surface area contributed by atoms with Gasteiger partial charge in [0.15, 0.2) is 5.82 Å². The van der Waals surface area contributed by atoms with Crippen LogP contribution in [0.1, 0.15) is 16.5 Å². The Morgan fingerprint density at radius 3 is 2.60 bits per heavy atom. The topological polar surface area (TPSA) is 67.1 Å². The molecule has 0 spiro atoms. The second-order valence-corrected chi connectivity index (χ2v) is 6.75. The van der Waals surface area contributed by atoms with Crippen molar-refractivity contribution in [3.05, 3.63) is 71.9 Å². The molecule has 5 nitrogen and oxygen atoms in total. The number of hydrogen-bond donors (Lipinski definition) is 2. The number of aromatic hydroxyl groups is 1. The molecule has 0 radical (unpaired) electrons. The molecular formula is C18H14FN3O2S. The van der Waals surface area contributed by atoms with Crippen LogP contribution in [0.4, 0.5) is 10.2 Å². The summed E-state index contributed by atoms with van der Waals surface area (Å²) < 4.78 is 15.1. The molecule has 2 heterocycles. The lowest BCUT2D eigenvalue weighted by atomic mass is 10.1. The van der Waals surface area contributed by atoms with Crippen LogP contribution >= 0.6 is 11.8 Å². The summed E-state index contributed by atoms with van der Waals surface area (Å²) in [7, 11) is 0. The van der Waals surface area contributed by atoms with Gasteiger partial charge in [-0.25, -0.2) is 9.37 Å². The van der Waals surface area contributed by atoms with Gasteiger partial charge in [0.2, 0.25) is 5.91 Å². The number of anilines is 1. The van der Waals surface area contributed by atoms with Crippen molar-refractivity contribution in [3.8, 4) is 11.4 Å². The van der Waals surface area contributed by atoms with Crippen molar-refractivity contribution in [1.29, 1.82) is 0 Å². The zero-order valence-electron chi connectivity index (χ0n) is 13.0. The van der Waals surface area contributed by atoms with E-state index in [9.17, 15) is 14.3 Å². The summed E-state index contributed by atoms with van der Waals surface area (Å²) in [5, 5.41) is 12.2. The lowest BCUT2D eigenvalue weighted by Gasteiger charge is -2.18. The van der Waals surface area contributed by atoms with Gasteiger partial charge in [-0.3, -0.25) is 9.36 Å². The first-order chi connectivity index (χ1) is 12.1. The highest BCUT2D eigenvalue weighted by Crippen LogP contribution is 2.42. The lowest BCUT2D eigenvalue weighted by Crippen LogP contribution is -2.12. The summed E-state index contributed by atoms with van der Waals surface area (Å²) in [6.45, 7) is 0. The van der Waals surface area contributed by atoms with Crippen molar-refractivity contribution in [3.63, 3.8) is 0 Å². The minimum absolute atomic E-state index is 0.114. The Balaban J connectivity index is 1.86. The summed E-state index contributed by atoms with van der Waals surface area (Å²) in [6, 6.07) is 13.0. The Bertz CT molecular complexity index is 922. The number of thioether (sulfide) groups is 1. The highest BCUT2D eigenvalue weighted by Gasteiger charge is 2.29. The first-order valence-electron chi connectivity index (χ1n) is 7.65. The predicted octanol–water partition coefficient (Wildman–Crippen LogP) is 3.49. The van der Waals surface area contributed by atoms with Gasteiger partial charge in [-0.15, -0.1) is 11.8 Å². The number of carbonyl (C=O) groups is 1. The van der Waals surface area contributed by atoms with Gasteiger partial charge in [-0.2, -0.15) is 0 Å². The summed E-state index contributed by atoms with van der Waals surface area (Å²) in [5.74, 6) is 0.552. The van der Waals surface area contributed by atoms with Crippen molar-refractivity contribution >= 4 is 23.5 Å². The van der Waals surface area contributed by atoms with Crippen molar-refractivity contribution in [2.24, 2.45) is 0 Å². The van der Waals surface area contributed by atoms with E-state index in [1.807, 2.05) is 16.7 Å². The van der Waals surface area contributed by atoms with Crippen LogP contribution in [0, 0.1) is 5.82 Å². The van der Waals surface area contributed by atoms with E-state index in [-0.39, 0.29) is 22.7 Å². The number of carbonyl (C=O) groups excluding carboxylic acids is 1. The fourth-order valence-corrected chi connectivity index (χ4v) is 3.94. The van der Waals surface area contributed by atoms with Crippen LogP contribution in [0.3, 0.4) is 0 Å². The number of nitrogens with zero attached hydrogens (tertiary/aromatic N) is 2. The molecule has 0 unspecified atom stereocenters. The standard InChI is InChI=1S/C18H14FN3O2S/c19-12-3-5-13(6-4-12)22-10-20-18-16(22)17(25-9-15(24)21-18)11-1-7-14(23)8-2-11/h1-8,10,17,23H,9H2,(H,21,24)/t17-/m0/s1. The maximum atomic E-state index is 13.3. The average molecular weight is 355 g/mol. The number of phenolic OH excluding ortho intramolecular Hbond substituents is 1. The first-order valence-corrected chi connectivity index (χ1v) is 8.70. The Labute approximate surface area is 147 Å². The quantitative estimate of drug-likeness (QED) is 0.738. The molecule has 2 aromatic carbocycles. The summed E-state index contributed by atoms with van der Waals surface area (Å²) in [6.07, 6.45) is 1.62. The number of nitrogens with one attached hydrogen (secondary N) is 1. The molecule has 4 rings (SSSR count). The minimum Gasteiger partial charge on any atom is -0.508 e. The average Bonchev–Trinajstić information content (AvgIpc) is 2.93. The smallest absolute Gasteiger partial charge is 0.235 e. The van der Waals surface area contributed by atoms with Gasteiger partial charge in [0.25, 0.3) is 0 Å². The van der Waals surface area contributed by atoms with E-state index in [4.69, 9.17) is 0 Å². The maximum Gasteiger partial charge on any atom is 0.235 e. The Kier molecular flexibility index (Phi) is 3.93. The molecule has 1 aliphatic rings. The summed E-state index contributed by atoms with van der Waals surface area (Å²) in [5.41, 5.74) is 2.52. The molecule has 0 saturated heterocycles. The third kappa shape index (κ3) is 2.98. The number of aromatic nitrogens is 2. The fraction of sp³-hybridized carbons (Fsp3) is 0.111. The second-order valence-electron chi connectivity index (χ2n) is 5.66. The molecule has 7 heteroatoms. The van der Waals surface area contributed by atoms with Crippen LogP contribution in [0.25, 0.3) is 5.69 Å². The Morgan fingerprint density at radius 1 is 1.16 bits per heavy atom. The molecule has 1 atom stereocenters. The highest BCUT2D eigenvalue weighted by molar-refractivity contribution is 8.00. The molecule has 0 aliphatic carbocycles. The van der Waals surface area contributed by atoms with Gasteiger partial charge in [0.05, 0.1) is 16.7 Å². The van der Waals surface area contributed by atoms with Crippen molar-refractivity contribution in [2.75, 3.05) is 11.1 Å². The highest BCUT2D eigenvalue weighted by atomic mass is 32.2. The van der Waals surface area contributed by atoms with Gasteiger partial charge in [0.1, 0.15) is 17.9 Å². The number of halogens is 1. The van der Waals surface area contributed by atoms with Crippen molar-refractivity contribution in [1.82, 2.24) is 9.55 Å². The van der Waals surface area contributed by atoms with Gasteiger partial charge in [0, 0.05) is 5.69 Å². The monoisotopic (exact) mass is 355 g/mol. The number of fused-ring (bicyclic) bond motifs is 1. The Hall–Kier alpha value is -2.80. The van der Waals surface area contributed by atoms with Gasteiger partial charge >= 0.3 is 0 Å². The van der Waals surface area contributed by atoms with E-state index in [1.54, 1.807) is 30.6 Å². The number of rotatable bonds is 2. The number of hydrogen-bond acceptors (Lipinski definition) is 4. The molecule has 126 valence electrons. The number of phenols is 1. The van der Waals surface area contributed by atoms with Gasteiger partial charge < -0.3 is 10.4 Å². The molecular weight excluding hydrogens is 341 g/mol. The van der Waals surface area contributed by atoms with Crippen molar-refractivity contribution < 1.29 is 14.3 Å². The van der Waals surface area contributed by atoms with E-state index in [2.05, 4.69) is 10.3 Å². The van der Waals surface area contributed by atoms with Crippen LogP contribution < -0.4 is 5.32 Å². The molecule has 0 saturated carbocycles. The van der Waals surface area contributed by atoms with E-state index in [0.29, 0.717) is 11.6 Å². The van der Waals surface area contributed by atoms with E-state index in [1.165, 1.54) is 23.9 Å². The zero-order chi connectivity index (χ0) is 17.4. The van der Waals surface area contributed by atoms with Gasteiger partial charge in [-0.05, 0) is 42.0 Å². The molecule has 1 amide bonds. The van der Waals surface area contributed by atoms with E-state index < -0.39 is 0 Å². The largest absolute Gasteiger partial charge is 0.508 e. The molecule has 2 N–H and O–H groups in total. The normalized spacial score (nSPS) is 16.8. The molecule has 1 aromatic heterocycles. The van der Waals surface area contributed by atoms with Crippen molar-refractivity contribution in [2.45, 2.75) is 5.25 Å². The molecule has 0 bridgehead atoms. The van der Waals surface area contributed by atoms with Crippen LogP contribution in [-0.4, -0.2) is 26.3 Å². The third-order valence-electron chi connectivity index (χ3n) is 3.99. The number of imidazole rings is 1. The minimum atomic E-state index is -0.312. The van der Waals surface area contributed by atoms with E-state index >= 15 is 0 Å². The maximum absolute atomic E-state index is 13.3. The summed E-state index contributed by atoms with van der Waals surface area (Å²) in [4.78, 5) is 16.3. The zero-order valence-corrected chi connectivity index (χ0v) is 13.8. The fourth-order valence-electron chi connectivity index (χ4n) is 2.82. The molecule has 25 heavy (non-hydrogen) atoms. The first kappa shape index (κ1) is 15.7. The van der Waals surface area contributed by atoms with E-state index in [0.717, 1.165) is 16.9 Å². The number of benzene rings is 2.